The highest BCUT2D eigenvalue weighted by Crippen LogP contribution is 2.30. The van der Waals surface area contributed by atoms with E-state index in [1.165, 1.54) is 0 Å². The third kappa shape index (κ3) is 19.8. The molecular weight excluding hydrogens is 493 g/mol. The van der Waals surface area contributed by atoms with Crippen LogP contribution >= 0.6 is 0 Å². The van der Waals surface area contributed by atoms with Gasteiger partial charge in [-0.2, -0.15) is 0 Å². The number of carbonyl (C=O) groups excluding carboxylic acids is 1. The Hall–Kier alpha value is -0.162. The van der Waals surface area contributed by atoms with E-state index in [4.69, 9.17) is 17.5 Å². The largest absolute Gasteiger partial charge is 0.469 e. The van der Waals surface area contributed by atoms with Crippen LogP contribution in [-0.4, -0.2) is 80.5 Å². The van der Waals surface area contributed by atoms with Crippen LogP contribution in [0.2, 0.25) is 65.0 Å². The van der Waals surface area contributed by atoms with Crippen molar-refractivity contribution >= 4 is 39.7 Å². The molecule has 0 bridgehead atoms. The SMILES string of the molecule is C=C(C)C(=O)OCC.C[Si](C)(C)O[Si](CCCC(O)C(O)CO)(O[Si](C)(C)C)O[Si](C)(C)C. The summed E-state index contributed by atoms with van der Waals surface area (Å²) in [5, 5.41) is 28.4. The Bertz CT molecular complexity index is 541. The first-order valence-electron chi connectivity index (χ1n) is 11.6. The molecule has 0 aliphatic carbocycles. The van der Waals surface area contributed by atoms with Crippen molar-refractivity contribution in [1.82, 2.24) is 0 Å². The molecule has 0 heterocycles. The molecule has 0 aromatic carbocycles. The fourth-order valence-electron chi connectivity index (χ4n) is 2.71. The predicted octanol–water partition coefficient (Wildman–Crippen LogP) is 4.10. The second-order valence-corrected chi connectivity index (χ2v) is 28.0. The van der Waals surface area contributed by atoms with Gasteiger partial charge in [0.05, 0.1) is 19.3 Å². The first-order valence-corrected chi connectivity index (χ1v) is 23.7. The number of aliphatic hydroxyl groups is 3. The van der Waals surface area contributed by atoms with Crippen LogP contribution in [0.25, 0.3) is 0 Å². The Morgan fingerprint density at radius 3 is 1.48 bits per heavy atom. The van der Waals surface area contributed by atoms with Crippen molar-refractivity contribution < 1.29 is 37.2 Å². The highest BCUT2D eigenvalue weighted by Gasteiger charge is 2.49. The molecule has 2 atom stereocenters. The smallest absolute Gasteiger partial charge is 0.463 e. The zero-order chi connectivity index (χ0) is 26.7. The maximum absolute atomic E-state index is 10.4. The Kier molecular flexibility index (Phi) is 16.0. The zero-order valence-electron chi connectivity index (χ0n) is 22.8. The van der Waals surface area contributed by atoms with E-state index in [-0.39, 0.29) is 5.97 Å². The molecule has 0 spiro atoms. The molecule has 198 valence electrons. The van der Waals surface area contributed by atoms with Crippen molar-refractivity contribution in [3.05, 3.63) is 12.2 Å². The molecule has 0 aromatic heterocycles. The van der Waals surface area contributed by atoms with Gasteiger partial charge in [-0.25, -0.2) is 4.79 Å². The number of esters is 1. The van der Waals surface area contributed by atoms with Crippen molar-refractivity contribution in [3.63, 3.8) is 0 Å². The fraction of sp³-hybridized carbons (Fsp3) is 0.857. The normalized spacial score (nSPS) is 14.7. The van der Waals surface area contributed by atoms with Crippen molar-refractivity contribution in [1.29, 1.82) is 0 Å². The van der Waals surface area contributed by atoms with E-state index in [0.717, 1.165) is 0 Å². The van der Waals surface area contributed by atoms with E-state index in [0.29, 0.717) is 31.1 Å². The van der Waals surface area contributed by atoms with Crippen LogP contribution in [-0.2, 0) is 21.9 Å². The molecule has 2 unspecified atom stereocenters. The molecule has 0 saturated carbocycles. The standard InChI is InChI=1S/C15H40O6Si4.C6H10O2/c1-22(2,3)19-25(20-23(4,5)6,21-24(7,8)9)12-10-11-14(17)15(18)13-16;1-4-8-6(7)5(2)3/h14-18H,10-13H2,1-9H3;2,4H2,1,3H3. The molecule has 0 aliphatic heterocycles. The first-order chi connectivity index (χ1) is 14.7. The molecule has 0 amide bonds. The minimum Gasteiger partial charge on any atom is -0.463 e. The van der Waals surface area contributed by atoms with Crippen LogP contribution in [0.1, 0.15) is 26.7 Å². The van der Waals surface area contributed by atoms with Gasteiger partial charge in [-0.3, -0.25) is 0 Å². The minimum atomic E-state index is -2.88. The number of rotatable bonds is 14. The quantitative estimate of drug-likeness (QED) is 0.171. The molecule has 0 fully saturated rings. The van der Waals surface area contributed by atoms with Crippen molar-refractivity contribution in [2.45, 2.75) is 104 Å². The van der Waals surface area contributed by atoms with Crippen LogP contribution in [0.15, 0.2) is 12.2 Å². The minimum absolute atomic E-state index is 0.312. The Morgan fingerprint density at radius 2 is 1.24 bits per heavy atom. The number of aliphatic hydroxyl groups excluding tert-OH is 3. The summed E-state index contributed by atoms with van der Waals surface area (Å²) in [7, 11) is -8.56. The Morgan fingerprint density at radius 1 is 0.848 bits per heavy atom. The lowest BCUT2D eigenvalue weighted by molar-refractivity contribution is -0.138. The monoisotopic (exact) mass is 542 g/mol. The summed E-state index contributed by atoms with van der Waals surface area (Å²) < 4.78 is 24.2. The first kappa shape index (κ1) is 35.0. The molecule has 0 saturated heterocycles. The molecule has 8 nitrogen and oxygen atoms in total. The summed E-state index contributed by atoms with van der Waals surface area (Å²) in [6.07, 6.45) is -1.04. The number of hydrogen-bond acceptors (Lipinski definition) is 8. The maximum Gasteiger partial charge on any atom is 0.469 e. The van der Waals surface area contributed by atoms with Gasteiger partial charge in [-0.1, -0.05) is 6.58 Å². The van der Waals surface area contributed by atoms with Crippen LogP contribution in [0.5, 0.6) is 0 Å². The van der Waals surface area contributed by atoms with E-state index < -0.39 is 52.6 Å². The second-order valence-electron chi connectivity index (χ2n) is 11.0. The third-order valence-corrected chi connectivity index (χ3v) is 15.7. The molecule has 0 aromatic rings. The van der Waals surface area contributed by atoms with Crippen LogP contribution in [0.4, 0.5) is 0 Å². The number of hydrogen-bond donors (Lipinski definition) is 3. The van der Waals surface area contributed by atoms with Gasteiger partial charge in [0.1, 0.15) is 6.10 Å². The highest BCUT2D eigenvalue weighted by molar-refractivity contribution is 6.90. The fourth-order valence-corrected chi connectivity index (χ4v) is 17.4. The lowest BCUT2D eigenvalue weighted by atomic mass is 10.1. The van der Waals surface area contributed by atoms with Crippen molar-refractivity contribution in [2.75, 3.05) is 13.2 Å². The molecule has 0 rings (SSSR count). The van der Waals surface area contributed by atoms with Crippen molar-refractivity contribution in [3.8, 4) is 0 Å². The second kappa shape index (κ2) is 15.1. The zero-order valence-corrected chi connectivity index (χ0v) is 26.8. The molecule has 12 heteroatoms. The average Bonchev–Trinajstić information content (AvgIpc) is 2.56. The van der Waals surface area contributed by atoms with Gasteiger partial charge in [-0.15, -0.1) is 0 Å². The van der Waals surface area contributed by atoms with Gasteiger partial charge in [0.15, 0.2) is 25.0 Å². The number of carbonyl (C=O) groups is 1. The van der Waals surface area contributed by atoms with Crippen molar-refractivity contribution in [2.24, 2.45) is 0 Å². The Labute approximate surface area is 206 Å². The molecule has 0 aliphatic rings. The maximum atomic E-state index is 10.4. The highest BCUT2D eigenvalue weighted by atomic mass is 28.5. The molecule has 3 N–H and O–H groups in total. The molecule has 33 heavy (non-hydrogen) atoms. The van der Waals surface area contributed by atoms with E-state index >= 15 is 0 Å². The van der Waals surface area contributed by atoms with Crippen LogP contribution in [0.3, 0.4) is 0 Å². The van der Waals surface area contributed by atoms with E-state index in [9.17, 15) is 15.0 Å². The number of ether oxygens (including phenoxy) is 1. The summed E-state index contributed by atoms with van der Waals surface area (Å²) >= 11 is 0. The van der Waals surface area contributed by atoms with Gasteiger partial charge in [0.2, 0.25) is 0 Å². The van der Waals surface area contributed by atoms with E-state index in [1.807, 2.05) is 0 Å². The lowest BCUT2D eigenvalue weighted by Gasteiger charge is -2.43. The van der Waals surface area contributed by atoms with Crippen LogP contribution in [0, 0.1) is 0 Å². The van der Waals surface area contributed by atoms with Gasteiger partial charge in [0, 0.05) is 11.6 Å². The lowest BCUT2D eigenvalue weighted by Crippen LogP contribution is -2.60. The summed E-state index contributed by atoms with van der Waals surface area (Å²) in [6, 6.07) is 0.626. The Balaban J connectivity index is 0. The predicted molar refractivity (Wildman–Crippen MR) is 144 cm³/mol. The topological polar surface area (TPSA) is 115 Å². The van der Waals surface area contributed by atoms with E-state index in [1.54, 1.807) is 13.8 Å². The summed E-state index contributed by atoms with van der Waals surface area (Å²) in [5.74, 6) is -0.312. The van der Waals surface area contributed by atoms with Crippen LogP contribution < -0.4 is 0 Å². The molecule has 0 radical (unpaired) electrons. The summed E-state index contributed by atoms with van der Waals surface area (Å²) in [6.45, 7) is 26.0. The van der Waals surface area contributed by atoms with Gasteiger partial charge >= 0.3 is 14.8 Å². The summed E-state index contributed by atoms with van der Waals surface area (Å²) in [5.41, 5.74) is 0.451. The van der Waals surface area contributed by atoms with Gasteiger partial charge in [0.25, 0.3) is 0 Å². The van der Waals surface area contributed by atoms with Gasteiger partial charge in [-0.05, 0) is 85.6 Å². The average molecular weight is 543 g/mol. The summed E-state index contributed by atoms with van der Waals surface area (Å²) in [4.78, 5) is 10.4. The third-order valence-electron chi connectivity index (χ3n) is 3.62. The van der Waals surface area contributed by atoms with Gasteiger partial charge < -0.3 is 32.4 Å². The van der Waals surface area contributed by atoms with E-state index in [2.05, 4.69) is 70.2 Å². The molecular formula is C21H50O8Si4.